The van der Waals surface area contributed by atoms with Crippen molar-refractivity contribution in [2.75, 3.05) is 0 Å². The molecule has 0 aliphatic rings. The highest BCUT2D eigenvalue weighted by Crippen LogP contribution is 2.13. The molecule has 0 bridgehead atoms. The Morgan fingerprint density at radius 2 is 2.17 bits per heavy atom. The molecule has 0 fully saturated rings. The second kappa shape index (κ2) is 6.06. The lowest BCUT2D eigenvalue weighted by molar-refractivity contribution is 0.0666. The van der Waals surface area contributed by atoms with Gasteiger partial charge in [0.2, 0.25) is 0 Å². The third kappa shape index (κ3) is 3.36. The second-order valence-corrected chi connectivity index (χ2v) is 4.68. The number of nitrogens with zero attached hydrogens (tertiary/aromatic N) is 2. The fourth-order valence-corrected chi connectivity index (χ4v) is 2.07. The molecule has 0 unspecified atom stereocenters. The highest BCUT2D eigenvalue weighted by molar-refractivity contribution is 9.10. The van der Waals surface area contributed by atoms with Crippen LogP contribution in [0.2, 0.25) is 0 Å². The number of hydrogen-bond donors (Lipinski definition) is 1. The summed E-state index contributed by atoms with van der Waals surface area (Å²) in [5, 5.41) is 3.09. The molecule has 0 aliphatic heterocycles. The first-order valence-electron chi connectivity index (χ1n) is 5.42. The summed E-state index contributed by atoms with van der Waals surface area (Å²) >= 11 is 3.38. The first-order valence-corrected chi connectivity index (χ1v) is 6.21. The van der Waals surface area contributed by atoms with Gasteiger partial charge in [0, 0.05) is 23.4 Å². The minimum Gasteiger partial charge on any atom is -0.306 e. The van der Waals surface area contributed by atoms with E-state index < -0.39 is 6.55 Å². The van der Waals surface area contributed by atoms with Crippen LogP contribution in [0.3, 0.4) is 0 Å². The van der Waals surface area contributed by atoms with Gasteiger partial charge in [-0.2, -0.15) is 8.78 Å². The topological polar surface area (TPSA) is 29.9 Å². The maximum absolute atomic E-state index is 12.6. The summed E-state index contributed by atoms with van der Waals surface area (Å²) in [4.78, 5) is 3.90. The normalized spacial score (nSPS) is 11.1. The van der Waals surface area contributed by atoms with E-state index in [2.05, 4.69) is 26.2 Å². The Kier molecular flexibility index (Phi) is 4.43. The van der Waals surface area contributed by atoms with Gasteiger partial charge in [0.15, 0.2) is 0 Å². The van der Waals surface area contributed by atoms with Crippen LogP contribution in [0.5, 0.6) is 0 Å². The number of hydrogen-bond acceptors (Lipinski definition) is 2. The SMILES string of the molecule is FC(F)n1ccnc1CNCc1cccc(Br)c1. The molecular weight excluding hydrogens is 304 g/mol. The summed E-state index contributed by atoms with van der Waals surface area (Å²) in [5.41, 5.74) is 1.08. The van der Waals surface area contributed by atoms with Crippen LogP contribution < -0.4 is 5.32 Å². The Hall–Kier alpha value is -1.27. The van der Waals surface area contributed by atoms with Crippen molar-refractivity contribution in [2.24, 2.45) is 0 Å². The number of rotatable bonds is 5. The Morgan fingerprint density at radius 1 is 1.33 bits per heavy atom. The molecule has 0 aliphatic carbocycles. The van der Waals surface area contributed by atoms with Gasteiger partial charge < -0.3 is 5.32 Å². The predicted molar refractivity (Wildman–Crippen MR) is 68.2 cm³/mol. The molecule has 0 spiro atoms. The van der Waals surface area contributed by atoms with E-state index in [9.17, 15) is 8.78 Å². The highest BCUT2D eigenvalue weighted by atomic mass is 79.9. The quantitative estimate of drug-likeness (QED) is 0.917. The van der Waals surface area contributed by atoms with E-state index >= 15 is 0 Å². The molecule has 1 aromatic carbocycles. The first-order chi connectivity index (χ1) is 8.66. The summed E-state index contributed by atoms with van der Waals surface area (Å²) < 4.78 is 27.0. The lowest BCUT2D eigenvalue weighted by Gasteiger charge is -2.08. The predicted octanol–water partition coefficient (Wildman–Crippen LogP) is 3.33. The minimum absolute atomic E-state index is 0.309. The van der Waals surface area contributed by atoms with Crippen molar-refractivity contribution in [1.29, 1.82) is 0 Å². The van der Waals surface area contributed by atoms with Gasteiger partial charge in [-0.3, -0.25) is 4.57 Å². The maximum Gasteiger partial charge on any atom is 0.319 e. The third-order valence-corrected chi connectivity index (χ3v) is 2.95. The van der Waals surface area contributed by atoms with Gasteiger partial charge in [0.05, 0.1) is 6.54 Å². The number of halogens is 3. The van der Waals surface area contributed by atoms with Gasteiger partial charge in [-0.25, -0.2) is 4.98 Å². The van der Waals surface area contributed by atoms with Crippen LogP contribution in [0.4, 0.5) is 8.78 Å². The molecule has 3 nitrogen and oxygen atoms in total. The third-order valence-electron chi connectivity index (χ3n) is 2.46. The fraction of sp³-hybridized carbons (Fsp3) is 0.250. The summed E-state index contributed by atoms with van der Waals surface area (Å²) in [7, 11) is 0. The number of alkyl halides is 2. The lowest BCUT2D eigenvalue weighted by atomic mass is 10.2. The van der Waals surface area contributed by atoms with Crippen LogP contribution in [0.1, 0.15) is 17.9 Å². The molecule has 0 saturated heterocycles. The molecule has 2 aromatic rings. The summed E-state index contributed by atoms with van der Waals surface area (Å²) in [6.45, 7) is -1.63. The van der Waals surface area contributed by atoms with Crippen LogP contribution in [0.25, 0.3) is 0 Å². The van der Waals surface area contributed by atoms with Gasteiger partial charge in [-0.1, -0.05) is 28.1 Å². The standard InChI is InChI=1S/C12H12BrF2N3/c13-10-3-1-2-9(6-10)7-16-8-11-17-4-5-18(11)12(14)15/h1-6,12,16H,7-8H2. The van der Waals surface area contributed by atoms with Gasteiger partial charge >= 0.3 is 6.55 Å². The second-order valence-electron chi connectivity index (χ2n) is 3.76. The number of imidazole rings is 1. The van der Waals surface area contributed by atoms with E-state index in [0.29, 0.717) is 18.9 Å². The van der Waals surface area contributed by atoms with E-state index in [1.165, 1.54) is 12.4 Å². The summed E-state index contributed by atoms with van der Waals surface area (Å²) in [6, 6.07) is 7.82. The molecule has 0 amide bonds. The van der Waals surface area contributed by atoms with Crippen molar-refractivity contribution < 1.29 is 8.78 Å². The van der Waals surface area contributed by atoms with Crippen LogP contribution in [0.15, 0.2) is 41.1 Å². The van der Waals surface area contributed by atoms with E-state index in [1.54, 1.807) is 0 Å². The highest BCUT2D eigenvalue weighted by Gasteiger charge is 2.10. The van der Waals surface area contributed by atoms with E-state index in [1.807, 2.05) is 24.3 Å². The Bertz CT molecular complexity index is 514. The van der Waals surface area contributed by atoms with E-state index in [0.717, 1.165) is 14.6 Å². The number of nitrogens with one attached hydrogen (secondary N) is 1. The van der Waals surface area contributed by atoms with Crippen LogP contribution in [0, 0.1) is 0 Å². The van der Waals surface area contributed by atoms with Crippen molar-refractivity contribution in [3.63, 3.8) is 0 Å². The molecule has 6 heteroatoms. The first kappa shape index (κ1) is 13.2. The molecule has 0 radical (unpaired) electrons. The molecular formula is C12H12BrF2N3. The number of aromatic nitrogens is 2. The van der Waals surface area contributed by atoms with Gasteiger partial charge in [0.25, 0.3) is 0 Å². The lowest BCUT2D eigenvalue weighted by Crippen LogP contribution is -2.17. The van der Waals surface area contributed by atoms with Gasteiger partial charge in [-0.15, -0.1) is 0 Å². The largest absolute Gasteiger partial charge is 0.319 e. The monoisotopic (exact) mass is 315 g/mol. The molecule has 2 rings (SSSR count). The van der Waals surface area contributed by atoms with Crippen molar-refractivity contribution >= 4 is 15.9 Å². The van der Waals surface area contributed by atoms with Gasteiger partial charge in [0.1, 0.15) is 5.82 Å². The average molecular weight is 316 g/mol. The van der Waals surface area contributed by atoms with Crippen molar-refractivity contribution in [3.8, 4) is 0 Å². The Labute approximate surface area is 112 Å². The van der Waals surface area contributed by atoms with Gasteiger partial charge in [-0.05, 0) is 17.7 Å². The molecule has 1 heterocycles. The van der Waals surface area contributed by atoms with Crippen molar-refractivity contribution in [1.82, 2.24) is 14.9 Å². The fourth-order valence-electron chi connectivity index (χ4n) is 1.62. The van der Waals surface area contributed by atoms with Crippen LogP contribution in [-0.4, -0.2) is 9.55 Å². The number of benzene rings is 1. The van der Waals surface area contributed by atoms with Crippen LogP contribution >= 0.6 is 15.9 Å². The Morgan fingerprint density at radius 3 is 2.89 bits per heavy atom. The average Bonchev–Trinajstić information content (AvgIpc) is 2.77. The van der Waals surface area contributed by atoms with E-state index in [-0.39, 0.29) is 0 Å². The molecule has 1 N–H and O–H groups in total. The molecule has 96 valence electrons. The molecule has 0 atom stereocenters. The van der Waals surface area contributed by atoms with Crippen LogP contribution in [-0.2, 0) is 13.1 Å². The Balaban J connectivity index is 1.90. The summed E-state index contributed by atoms with van der Waals surface area (Å²) in [5.74, 6) is 0.333. The molecule has 18 heavy (non-hydrogen) atoms. The van der Waals surface area contributed by atoms with E-state index in [4.69, 9.17) is 0 Å². The summed E-state index contributed by atoms with van der Waals surface area (Å²) in [6.07, 6.45) is 2.66. The maximum atomic E-state index is 12.6. The zero-order valence-corrected chi connectivity index (χ0v) is 11.1. The van der Waals surface area contributed by atoms with Crippen molar-refractivity contribution in [3.05, 3.63) is 52.5 Å². The minimum atomic E-state index is -2.55. The zero-order valence-electron chi connectivity index (χ0n) is 9.48. The smallest absolute Gasteiger partial charge is 0.306 e. The van der Waals surface area contributed by atoms with Crippen molar-refractivity contribution in [2.45, 2.75) is 19.6 Å². The molecule has 0 saturated carbocycles. The molecule has 1 aromatic heterocycles. The zero-order chi connectivity index (χ0) is 13.0.